The third-order valence-corrected chi connectivity index (χ3v) is 12.4. The van der Waals surface area contributed by atoms with Crippen molar-refractivity contribution in [2.45, 2.75) is 139 Å². The van der Waals surface area contributed by atoms with Crippen LogP contribution in [-0.4, -0.2) is 143 Å². The van der Waals surface area contributed by atoms with Crippen LogP contribution in [0.15, 0.2) is 18.2 Å². The molecule has 0 bridgehead atoms. The summed E-state index contributed by atoms with van der Waals surface area (Å²) < 4.78 is 49.3. The molecule has 17 heteroatoms. The molecule has 0 aromatic heterocycles. The number of ether oxygens (including phenoxy) is 8. The number of methoxy groups -OCH3 is 1. The number of fused-ring (bicyclic) bond motifs is 5. The zero-order chi connectivity index (χ0) is 41.7. The molecule has 0 unspecified atom stereocenters. The maximum Gasteiger partial charge on any atom is 0.316 e. The number of rotatable bonds is 6. The van der Waals surface area contributed by atoms with Crippen LogP contribution in [0.4, 0.5) is 0 Å². The van der Waals surface area contributed by atoms with Gasteiger partial charge >= 0.3 is 5.97 Å². The van der Waals surface area contributed by atoms with Crippen LogP contribution in [-0.2, 0) is 47.5 Å². The van der Waals surface area contributed by atoms with Crippen molar-refractivity contribution in [1.29, 1.82) is 0 Å². The largest absolute Gasteiger partial charge is 0.507 e. The van der Waals surface area contributed by atoms with Gasteiger partial charge in [-0.05, 0) is 65.6 Å². The molecule has 14 atom stereocenters. The number of hydrogen-bond donors (Lipinski definition) is 4. The summed E-state index contributed by atoms with van der Waals surface area (Å²) >= 11 is 0. The molecule has 6 aliphatic rings. The predicted octanol–water partition coefficient (Wildman–Crippen LogP) is 2.49. The van der Waals surface area contributed by atoms with E-state index in [4.69, 9.17) is 37.9 Å². The summed E-state index contributed by atoms with van der Waals surface area (Å²) in [6.07, 6.45) is -6.55. The second kappa shape index (κ2) is 14.9. The number of carbonyl (C=O) groups excluding carboxylic acids is 4. The molecule has 4 heterocycles. The molecule has 4 fully saturated rings. The molecule has 8 rings (SSSR count). The molecule has 0 spiro atoms. The monoisotopic (exact) mass is 811 g/mol. The molecular weight excluding hydrogens is 762 g/mol. The Morgan fingerprint density at radius 3 is 2.17 bits per heavy atom. The molecule has 4 aliphatic heterocycles. The Morgan fingerprint density at radius 2 is 1.50 bits per heavy atom. The maximum absolute atomic E-state index is 13.9. The molecule has 2 aliphatic carbocycles. The number of aromatic hydroxyl groups is 3. The zero-order valence-corrected chi connectivity index (χ0v) is 33.2. The SMILES string of the molecule is COC(=O)[C@H]1c2cc3c(c(O)c2[C@H](O[C@H]2C[C@@H](N(C)C)[C@H](O[C@H]4C[C@H]5O[C@H]6CC(=O)[C@@H](C)O[C@@H]6O[C@H]5[C@@H](C)O4)[C@@H](C)O2)C[C@]1(C)O)C(=O)c1c(O)ccc(O)c1C3=O. The minimum atomic E-state index is -1.84. The van der Waals surface area contributed by atoms with Gasteiger partial charge in [0.1, 0.15) is 47.6 Å². The molecule has 314 valence electrons. The second-order valence-corrected chi connectivity index (χ2v) is 16.6. The van der Waals surface area contributed by atoms with Gasteiger partial charge in [-0.2, -0.15) is 0 Å². The van der Waals surface area contributed by atoms with Crippen molar-refractivity contribution in [2.24, 2.45) is 0 Å². The van der Waals surface area contributed by atoms with E-state index in [1.165, 1.54) is 13.0 Å². The summed E-state index contributed by atoms with van der Waals surface area (Å²) in [5, 5.41) is 44.9. The van der Waals surface area contributed by atoms with Crippen molar-refractivity contribution in [2.75, 3.05) is 21.2 Å². The Hall–Kier alpha value is -4.04. The van der Waals surface area contributed by atoms with Gasteiger partial charge in [-0.1, -0.05) is 0 Å². The molecule has 17 nitrogen and oxygen atoms in total. The summed E-state index contributed by atoms with van der Waals surface area (Å²) in [7, 11) is 4.89. The first kappa shape index (κ1) is 40.7. The predicted molar refractivity (Wildman–Crippen MR) is 196 cm³/mol. The van der Waals surface area contributed by atoms with Crippen LogP contribution in [0.1, 0.15) is 108 Å². The number of carbonyl (C=O) groups is 4. The lowest BCUT2D eigenvalue weighted by atomic mass is 9.68. The van der Waals surface area contributed by atoms with Gasteiger partial charge in [0, 0.05) is 42.9 Å². The van der Waals surface area contributed by atoms with Gasteiger partial charge in [0.2, 0.25) is 5.78 Å². The average molecular weight is 812 g/mol. The number of ketones is 3. The number of phenolic OH excluding ortho intramolecular Hbond substituents is 3. The Labute approximate surface area is 334 Å². The Bertz CT molecular complexity index is 2030. The van der Waals surface area contributed by atoms with Crippen molar-refractivity contribution in [3.05, 3.63) is 51.6 Å². The molecule has 2 aromatic carbocycles. The molecular formula is C41H49NO16. The first-order chi connectivity index (χ1) is 27.4. The minimum Gasteiger partial charge on any atom is -0.507 e. The van der Waals surface area contributed by atoms with Crippen molar-refractivity contribution in [1.82, 2.24) is 4.90 Å². The highest BCUT2D eigenvalue weighted by Gasteiger charge is 2.54. The van der Waals surface area contributed by atoms with Gasteiger partial charge in [0.25, 0.3) is 0 Å². The lowest BCUT2D eigenvalue weighted by molar-refractivity contribution is -0.371. The first-order valence-corrected chi connectivity index (χ1v) is 19.5. The van der Waals surface area contributed by atoms with Crippen LogP contribution < -0.4 is 0 Å². The number of hydrogen-bond acceptors (Lipinski definition) is 17. The summed E-state index contributed by atoms with van der Waals surface area (Å²) in [5.74, 6) is -5.94. The van der Waals surface area contributed by atoms with Gasteiger partial charge in [-0.25, -0.2) is 0 Å². The van der Waals surface area contributed by atoms with Gasteiger partial charge < -0.3 is 63.2 Å². The third-order valence-electron chi connectivity index (χ3n) is 12.4. The van der Waals surface area contributed by atoms with Crippen molar-refractivity contribution in [3.63, 3.8) is 0 Å². The molecule has 2 aromatic rings. The zero-order valence-electron chi connectivity index (χ0n) is 33.2. The Balaban J connectivity index is 1.06. The van der Waals surface area contributed by atoms with E-state index in [1.807, 2.05) is 32.8 Å². The number of aliphatic hydroxyl groups is 1. The number of nitrogens with zero attached hydrogens (tertiary/aromatic N) is 1. The van der Waals surface area contributed by atoms with E-state index < -0.39 is 131 Å². The van der Waals surface area contributed by atoms with Crippen molar-refractivity contribution in [3.8, 4) is 17.2 Å². The topological polar surface area (TPSA) is 226 Å². The molecule has 58 heavy (non-hydrogen) atoms. The van der Waals surface area contributed by atoms with E-state index in [1.54, 1.807) is 6.92 Å². The summed E-state index contributed by atoms with van der Waals surface area (Å²) in [6, 6.07) is 3.05. The number of benzene rings is 2. The van der Waals surface area contributed by atoms with E-state index in [0.717, 1.165) is 19.2 Å². The Kier molecular flexibility index (Phi) is 10.5. The maximum atomic E-state index is 13.9. The minimum absolute atomic E-state index is 0.0106. The van der Waals surface area contributed by atoms with Gasteiger partial charge in [-0.3, -0.25) is 19.2 Å². The molecule has 4 saturated heterocycles. The molecule has 0 amide bonds. The van der Waals surface area contributed by atoms with E-state index in [9.17, 15) is 39.6 Å². The normalized spacial score (nSPS) is 38.3. The fraction of sp³-hybridized carbons (Fsp3) is 0.610. The summed E-state index contributed by atoms with van der Waals surface area (Å²) in [4.78, 5) is 55.4. The number of esters is 1. The van der Waals surface area contributed by atoms with E-state index >= 15 is 0 Å². The van der Waals surface area contributed by atoms with Crippen LogP contribution in [0.5, 0.6) is 17.2 Å². The van der Waals surface area contributed by atoms with Crippen LogP contribution in [0.25, 0.3) is 0 Å². The first-order valence-electron chi connectivity index (χ1n) is 19.5. The molecule has 4 N–H and O–H groups in total. The van der Waals surface area contributed by atoms with E-state index in [2.05, 4.69) is 0 Å². The van der Waals surface area contributed by atoms with Crippen molar-refractivity contribution < 1.29 is 77.5 Å². The fourth-order valence-corrected chi connectivity index (χ4v) is 9.56. The van der Waals surface area contributed by atoms with Gasteiger partial charge in [0.15, 0.2) is 30.4 Å². The average Bonchev–Trinajstić information content (AvgIpc) is 3.14. The van der Waals surface area contributed by atoms with Crippen LogP contribution in [0, 0.1) is 0 Å². The number of Topliss-reactive ketones (excluding diaryl/α,β-unsaturated/α-hetero) is 1. The second-order valence-electron chi connectivity index (χ2n) is 16.6. The van der Waals surface area contributed by atoms with Crippen LogP contribution in [0.3, 0.4) is 0 Å². The standard InChI is InChI=1S/C41H49NO16/c1-15-23(45)12-25-40(54-15)58-38-17(3)53-28(13-24(38)55-25)57-37-16(2)52-27(11-20(37)42(5)6)56-26-14-41(4,50)33(39(49)51-7)18-10-19-30(35(47)29(18)26)36(48)32-22(44)9-8-21(43)31(32)34(19)46/h8-10,15-17,20,24-28,33,37-38,40,43-44,47,50H,11-14H2,1-7H3/t15-,16-,17-,20-,24-,25+,26-,27+,28+,33-,37-,38+,40-,41+/m1/s1. The van der Waals surface area contributed by atoms with Gasteiger partial charge in [0.05, 0.1) is 53.8 Å². The third kappa shape index (κ3) is 6.70. The number of phenols is 3. The highest BCUT2D eigenvalue weighted by Crippen LogP contribution is 2.53. The summed E-state index contributed by atoms with van der Waals surface area (Å²) in [5.41, 5.74) is -3.60. The fourth-order valence-electron chi connectivity index (χ4n) is 9.56. The van der Waals surface area contributed by atoms with Crippen molar-refractivity contribution >= 4 is 23.3 Å². The van der Waals surface area contributed by atoms with Crippen LogP contribution >= 0.6 is 0 Å². The highest BCUT2D eigenvalue weighted by atomic mass is 16.8. The molecule has 0 saturated carbocycles. The lowest BCUT2D eigenvalue weighted by Gasteiger charge is -2.51. The number of likely N-dealkylation sites (N-methyl/N-ethyl adjacent to an activating group) is 1. The lowest BCUT2D eigenvalue weighted by Crippen LogP contribution is -2.62. The van der Waals surface area contributed by atoms with E-state index in [0.29, 0.717) is 6.42 Å². The quantitative estimate of drug-likeness (QED) is 0.207. The van der Waals surface area contributed by atoms with Gasteiger partial charge in [-0.15, -0.1) is 0 Å². The smallest absolute Gasteiger partial charge is 0.316 e. The summed E-state index contributed by atoms with van der Waals surface area (Å²) in [6.45, 7) is 6.79. The molecule has 0 radical (unpaired) electrons. The Morgan fingerprint density at radius 1 is 0.845 bits per heavy atom. The van der Waals surface area contributed by atoms with Crippen LogP contribution in [0.2, 0.25) is 0 Å². The van der Waals surface area contributed by atoms with E-state index in [-0.39, 0.29) is 47.8 Å². The highest BCUT2D eigenvalue weighted by molar-refractivity contribution is 6.31.